The van der Waals surface area contributed by atoms with Crippen molar-refractivity contribution in [1.82, 2.24) is 5.32 Å². The molecule has 0 unspecified atom stereocenters. The van der Waals surface area contributed by atoms with Gasteiger partial charge in [0.25, 0.3) is 0 Å². The Labute approximate surface area is 136 Å². The minimum atomic E-state index is -3.68. The third-order valence-electron chi connectivity index (χ3n) is 3.40. The quantitative estimate of drug-likeness (QED) is 0.759. The van der Waals surface area contributed by atoms with Gasteiger partial charge in [-0.15, -0.1) is 0 Å². The molecule has 0 saturated carbocycles. The van der Waals surface area contributed by atoms with Crippen molar-refractivity contribution < 1.29 is 17.8 Å². The van der Waals surface area contributed by atoms with Crippen molar-refractivity contribution in [1.29, 1.82) is 0 Å². The molecule has 0 spiro atoms. The minimum Gasteiger partial charge on any atom is -0.352 e. The highest BCUT2D eigenvalue weighted by Crippen LogP contribution is 2.08. The molecule has 23 heavy (non-hydrogen) atoms. The van der Waals surface area contributed by atoms with Crippen LogP contribution in [0.25, 0.3) is 0 Å². The Morgan fingerprint density at radius 1 is 1.13 bits per heavy atom. The van der Waals surface area contributed by atoms with E-state index in [1.807, 2.05) is 36.0 Å². The van der Waals surface area contributed by atoms with Gasteiger partial charge in [0.2, 0.25) is 15.9 Å². The largest absolute Gasteiger partial charge is 0.352 e. The molecule has 6 nitrogen and oxygen atoms in total. The van der Waals surface area contributed by atoms with Gasteiger partial charge < -0.3 is 5.32 Å². The molecule has 3 N–H and O–H groups in total. The van der Waals surface area contributed by atoms with E-state index in [9.17, 15) is 13.2 Å². The van der Waals surface area contributed by atoms with Gasteiger partial charge in [-0.25, -0.2) is 18.1 Å². The van der Waals surface area contributed by atoms with Crippen LogP contribution < -0.4 is 15.0 Å². The highest BCUT2D eigenvalue weighted by atomic mass is 32.2. The molecule has 1 amide bonds. The first-order valence-electron chi connectivity index (χ1n) is 7.19. The van der Waals surface area contributed by atoms with Gasteiger partial charge in [-0.2, -0.15) is 0 Å². The van der Waals surface area contributed by atoms with Gasteiger partial charge >= 0.3 is 0 Å². The van der Waals surface area contributed by atoms with Crippen LogP contribution in [-0.4, -0.2) is 14.3 Å². The Morgan fingerprint density at radius 2 is 1.74 bits per heavy atom. The average Bonchev–Trinajstić information content (AvgIpc) is 2.52. The lowest BCUT2D eigenvalue weighted by molar-refractivity contribution is -0.695. The molecule has 1 aromatic carbocycles. The molecular weight excluding hydrogens is 314 g/mol. The summed E-state index contributed by atoms with van der Waals surface area (Å²) in [5.41, 5.74) is 1.99. The third kappa shape index (κ3) is 5.46. The van der Waals surface area contributed by atoms with Crippen molar-refractivity contribution in [2.45, 2.75) is 31.3 Å². The van der Waals surface area contributed by atoms with Gasteiger partial charge in [-0.3, -0.25) is 4.79 Å². The van der Waals surface area contributed by atoms with Crippen LogP contribution in [0.15, 0.2) is 53.7 Å². The topological polar surface area (TPSA) is 93.1 Å². The van der Waals surface area contributed by atoms with E-state index in [0.29, 0.717) is 19.5 Å². The van der Waals surface area contributed by atoms with Gasteiger partial charge in [0.05, 0.1) is 11.3 Å². The monoisotopic (exact) mass is 334 g/mol. The van der Waals surface area contributed by atoms with Crippen molar-refractivity contribution in [2.24, 2.45) is 5.14 Å². The number of benzene rings is 1. The number of rotatable bonds is 6. The third-order valence-corrected chi connectivity index (χ3v) is 4.33. The Balaban J connectivity index is 1.81. The first-order valence-corrected chi connectivity index (χ1v) is 8.73. The van der Waals surface area contributed by atoms with E-state index in [1.54, 1.807) is 12.1 Å². The molecule has 0 bridgehead atoms. The van der Waals surface area contributed by atoms with Gasteiger partial charge in [0.15, 0.2) is 18.9 Å². The second kappa shape index (κ2) is 7.34. The molecule has 0 aliphatic heterocycles. The molecule has 7 heteroatoms. The molecule has 0 aliphatic rings. The van der Waals surface area contributed by atoms with E-state index in [1.165, 1.54) is 17.7 Å². The fourth-order valence-corrected chi connectivity index (χ4v) is 2.51. The van der Waals surface area contributed by atoms with Gasteiger partial charge in [-0.1, -0.05) is 12.1 Å². The lowest BCUT2D eigenvalue weighted by atomic mass is 10.2. The van der Waals surface area contributed by atoms with E-state index in [2.05, 4.69) is 5.32 Å². The maximum absolute atomic E-state index is 11.8. The summed E-state index contributed by atoms with van der Waals surface area (Å²) >= 11 is 0. The Morgan fingerprint density at radius 3 is 2.30 bits per heavy atom. The number of aryl methyl sites for hydroxylation is 2. The predicted octanol–water partition coefficient (Wildman–Crippen LogP) is 0.636. The maximum atomic E-state index is 11.8. The summed E-state index contributed by atoms with van der Waals surface area (Å²) in [6.45, 7) is 2.97. The van der Waals surface area contributed by atoms with E-state index in [-0.39, 0.29) is 10.8 Å². The summed E-state index contributed by atoms with van der Waals surface area (Å²) in [4.78, 5) is 11.9. The predicted molar refractivity (Wildman–Crippen MR) is 85.7 cm³/mol. The summed E-state index contributed by atoms with van der Waals surface area (Å²) < 4.78 is 24.3. The van der Waals surface area contributed by atoms with Gasteiger partial charge in [0.1, 0.15) is 0 Å². The van der Waals surface area contributed by atoms with Crippen molar-refractivity contribution in [3.05, 3.63) is 59.9 Å². The highest BCUT2D eigenvalue weighted by molar-refractivity contribution is 7.89. The number of amides is 1. The number of pyridine rings is 1. The standard InChI is InChI=1S/C16H19N3O3S/c1-13-6-9-19(10-7-13)11-8-16(20)18-12-14-2-4-15(5-3-14)23(17,21)22/h2-7,9-10H,8,11-12H2,1H3,(H2-,17,18,20,21,22)/p+1. The molecule has 0 fully saturated rings. The number of primary sulfonamides is 1. The first-order chi connectivity index (χ1) is 10.8. The maximum Gasteiger partial charge on any atom is 0.238 e. The summed E-state index contributed by atoms with van der Waals surface area (Å²) in [5.74, 6) is -0.0615. The lowest BCUT2D eigenvalue weighted by Crippen LogP contribution is -2.36. The lowest BCUT2D eigenvalue weighted by Gasteiger charge is -2.05. The molecule has 2 rings (SSSR count). The van der Waals surface area contributed by atoms with Crippen LogP contribution in [0.5, 0.6) is 0 Å². The van der Waals surface area contributed by atoms with Crippen LogP contribution in [0.3, 0.4) is 0 Å². The average molecular weight is 334 g/mol. The summed E-state index contributed by atoms with van der Waals surface area (Å²) in [5, 5.41) is 7.84. The van der Waals surface area contributed by atoms with Crippen LogP contribution in [0.1, 0.15) is 17.5 Å². The highest BCUT2D eigenvalue weighted by Gasteiger charge is 2.08. The normalized spacial score (nSPS) is 11.2. The van der Waals surface area contributed by atoms with Crippen LogP contribution in [0.2, 0.25) is 0 Å². The summed E-state index contributed by atoms with van der Waals surface area (Å²) in [6.07, 6.45) is 4.26. The SMILES string of the molecule is Cc1cc[n+](CCC(=O)NCc2ccc(S(N)(=O)=O)cc2)cc1. The molecule has 1 aromatic heterocycles. The fraction of sp³-hybridized carbons (Fsp3) is 0.250. The van der Waals surface area contributed by atoms with Crippen molar-refractivity contribution in [3.8, 4) is 0 Å². The molecule has 0 saturated heterocycles. The zero-order valence-electron chi connectivity index (χ0n) is 12.9. The van der Waals surface area contributed by atoms with Crippen LogP contribution in [0, 0.1) is 6.92 Å². The Bertz CT molecular complexity index is 769. The number of carbonyl (C=O) groups excluding carboxylic acids is 1. The fourth-order valence-electron chi connectivity index (χ4n) is 2.00. The number of aromatic nitrogens is 1. The van der Waals surface area contributed by atoms with E-state index in [0.717, 1.165) is 5.56 Å². The zero-order valence-corrected chi connectivity index (χ0v) is 13.7. The van der Waals surface area contributed by atoms with Crippen molar-refractivity contribution in [3.63, 3.8) is 0 Å². The van der Waals surface area contributed by atoms with Crippen molar-refractivity contribution in [2.75, 3.05) is 0 Å². The summed E-state index contributed by atoms with van der Waals surface area (Å²) in [7, 11) is -3.68. The number of hydrogen-bond donors (Lipinski definition) is 2. The molecular formula is C16H20N3O3S+. The first kappa shape index (κ1) is 17.1. The summed E-state index contributed by atoms with van der Waals surface area (Å²) in [6, 6.07) is 10.1. The molecule has 2 aromatic rings. The molecule has 1 heterocycles. The minimum absolute atomic E-state index is 0.0587. The van der Waals surface area contributed by atoms with Crippen molar-refractivity contribution >= 4 is 15.9 Å². The molecule has 0 atom stereocenters. The molecule has 122 valence electrons. The Kier molecular flexibility index (Phi) is 5.46. The molecule has 0 aliphatic carbocycles. The second-order valence-corrected chi connectivity index (χ2v) is 6.89. The van der Waals surface area contributed by atoms with E-state index in [4.69, 9.17) is 5.14 Å². The van der Waals surface area contributed by atoms with Crippen LogP contribution >= 0.6 is 0 Å². The molecule has 0 radical (unpaired) electrons. The van der Waals surface area contributed by atoms with Crippen LogP contribution in [-0.2, 0) is 27.9 Å². The van der Waals surface area contributed by atoms with Gasteiger partial charge in [0, 0.05) is 18.7 Å². The Hall–Kier alpha value is -2.25. The number of sulfonamides is 1. The smallest absolute Gasteiger partial charge is 0.238 e. The van der Waals surface area contributed by atoms with E-state index < -0.39 is 10.0 Å². The van der Waals surface area contributed by atoms with E-state index >= 15 is 0 Å². The van der Waals surface area contributed by atoms with Crippen LogP contribution in [0.4, 0.5) is 0 Å². The number of nitrogens with zero attached hydrogens (tertiary/aromatic N) is 1. The second-order valence-electron chi connectivity index (χ2n) is 5.33. The zero-order chi connectivity index (χ0) is 16.9. The van der Waals surface area contributed by atoms with Gasteiger partial charge in [-0.05, 0) is 30.2 Å². The number of carbonyl (C=O) groups is 1. The number of nitrogens with two attached hydrogens (primary N) is 1. The number of hydrogen-bond acceptors (Lipinski definition) is 3. The number of nitrogens with one attached hydrogen (secondary N) is 1.